The molecule has 30 heavy (non-hydrogen) atoms. The van der Waals surface area contributed by atoms with Crippen molar-refractivity contribution < 1.29 is 22.9 Å². The number of carbonyl (C=O) groups is 2. The molecule has 0 bridgehead atoms. The van der Waals surface area contributed by atoms with Gasteiger partial charge < -0.3 is 14.5 Å². The van der Waals surface area contributed by atoms with E-state index in [1.165, 1.54) is 12.1 Å². The summed E-state index contributed by atoms with van der Waals surface area (Å²) in [5.74, 6) is -0.0918. The lowest BCUT2D eigenvalue weighted by Crippen LogP contribution is -2.55. The summed E-state index contributed by atoms with van der Waals surface area (Å²) < 4.78 is 31.7. The van der Waals surface area contributed by atoms with Gasteiger partial charge in [-0.25, -0.2) is 4.39 Å². The number of methoxy groups -OCH3 is 1. The van der Waals surface area contributed by atoms with Crippen molar-refractivity contribution in [2.45, 2.75) is 24.3 Å². The highest BCUT2D eigenvalue weighted by Crippen LogP contribution is 2.39. The molecule has 1 atom stereocenters. The number of rotatable bonds is 4. The van der Waals surface area contributed by atoms with Crippen LogP contribution in [0.5, 0.6) is 5.75 Å². The van der Waals surface area contributed by atoms with E-state index in [-0.39, 0.29) is 29.9 Å². The average Bonchev–Trinajstić information content (AvgIpc) is 2.98. The summed E-state index contributed by atoms with van der Waals surface area (Å²) in [6, 6.07) is 13.1. The molecule has 0 N–H and O–H groups in total. The summed E-state index contributed by atoms with van der Waals surface area (Å²) in [6.45, 7) is 1.01. The molecule has 2 aromatic rings. The van der Waals surface area contributed by atoms with Crippen LogP contribution in [0.2, 0.25) is 0 Å². The SMILES string of the molecule is COc1cccc(C(=O)N2CCC3(CC2)N(Cc2cccc(F)c2)C(=O)CS3=O)c1. The lowest BCUT2D eigenvalue weighted by Gasteiger charge is -2.43. The zero-order valence-electron chi connectivity index (χ0n) is 16.7. The van der Waals surface area contributed by atoms with Crippen LogP contribution in [0, 0.1) is 5.82 Å². The molecule has 2 saturated heterocycles. The Morgan fingerprint density at radius 1 is 1.17 bits per heavy atom. The van der Waals surface area contributed by atoms with Gasteiger partial charge in [-0.1, -0.05) is 18.2 Å². The first-order valence-corrected chi connectivity index (χ1v) is 11.1. The minimum absolute atomic E-state index is 0.0286. The Morgan fingerprint density at radius 3 is 2.60 bits per heavy atom. The van der Waals surface area contributed by atoms with Crippen molar-refractivity contribution in [3.05, 3.63) is 65.5 Å². The molecule has 1 spiro atoms. The summed E-state index contributed by atoms with van der Waals surface area (Å²) >= 11 is 0. The number of piperidine rings is 1. The molecule has 2 fully saturated rings. The molecule has 158 valence electrons. The second-order valence-electron chi connectivity index (χ2n) is 7.57. The number of halogens is 1. The van der Waals surface area contributed by atoms with E-state index in [4.69, 9.17) is 4.74 Å². The van der Waals surface area contributed by atoms with Gasteiger partial charge in [0, 0.05) is 38.0 Å². The smallest absolute Gasteiger partial charge is 0.253 e. The molecule has 0 aliphatic carbocycles. The third kappa shape index (κ3) is 3.71. The molecule has 2 amide bonds. The molecule has 4 rings (SSSR count). The van der Waals surface area contributed by atoms with Crippen LogP contribution in [-0.2, 0) is 22.1 Å². The molecule has 2 aliphatic rings. The minimum atomic E-state index is -1.36. The van der Waals surface area contributed by atoms with Crippen LogP contribution in [0.4, 0.5) is 4.39 Å². The Hall–Kier alpha value is -2.74. The van der Waals surface area contributed by atoms with Crippen molar-refractivity contribution in [1.29, 1.82) is 0 Å². The normalized spacial score (nSPS) is 20.6. The van der Waals surface area contributed by atoms with Crippen LogP contribution in [0.25, 0.3) is 0 Å². The van der Waals surface area contributed by atoms with Gasteiger partial charge in [-0.05, 0) is 35.9 Å². The summed E-state index contributed by atoms with van der Waals surface area (Å²) in [6.07, 6.45) is 0.854. The van der Waals surface area contributed by atoms with Crippen molar-refractivity contribution in [3.8, 4) is 5.75 Å². The Bertz CT molecular complexity index is 1000. The van der Waals surface area contributed by atoms with E-state index in [2.05, 4.69) is 0 Å². The van der Waals surface area contributed by atoms with E-state index < -0.39 is 15.7 Å². The van der Waals surface area contributed by atoms with Gasteiger partial charge in [-0.15, -0.1) is 0 Å². The predicted molar refractivity (Wildman–Crippen MR) is 111 cm³/mol. The number of likely N-dealkylation sites (tertiary alicyclic amines) is 1. The largest absolute Gasteiger partial charge is 0.497 e. The first-order valence-electron chi connectivity index (χ1n) is 9.80. The highest BCUT2D eigenvalue weighted by atomic mass is 32.2. The third-order valence-electron chi connectivity index (χ3n) is 5.85. The number of hydrogen-bond acceptors (Lipinski definition) is 4. The van der Waals surface area contributed by atoms with Crippen LogP contribution in [-0.4, -0.2) is 56.6 Å². The molecule has 2 aromatic carbocycles. The van der Waals surface area contributed by atoms with Gasteiger partial charge in [0.25, 0.3) is 5.91 Å². The lowest BCUT2D eigenvalue weighted by molar-refractivity contribution is -0.131. The zero-order valence-corrected chi connectivity index (χ0v) is 17.5. The number of benzene rings is 2. The van der Waals surface area contributed by atoms with Gasteiger partial charge in [-0.2, -0.15) is 0 Å². The van der Waals surface area contributed by atoms with Gasteiger partial charge in [0.1, 0.15) is 22.2 Å². The molecule has 2 heterocycles. The number of hydrogen-bond donors (Lipinski definition) is 0. The summed E-state index contributed by atoms with van der Waals surface area (Å²) in [7, 11) is 0.189. The molecule has 8 heteroatoms. The van der Waals surface area contributed by atoms with E-state index in [1.54, 1.807) is 53.3 Å². The first kappa shape index (κ1) is 20.5. The highest BCUT2D eigenvalue weighted by Gasteiger charge is 2.53. The van der Waals surface area contributed by atoms with E-state index in [9.17, 15) is 18.2 Å². The van der Waals surface area contributed by atoms with Crippen LogP contribution >= 0.6 is 0 Å². The third-order valence-corrected chi connectivity index (χ3v) is 7.84. The van der Waals surface area contributed by atoms with Crippen molar-refractivity contribution in [3.63, 3.8) is 0 Å². The topological polar surface area (TPSA) is 66.9 Å². The van der Waals surface area contributed by atoms with E-state index in [0.717, 1.165) is 0 Å². The van der Waals surface area contributed by atoms with Crippen molar-refractivity contribution in [2.75, 3.05) is 26.0 Å². The van der Waals surface area contributed by atoms with Gasteiger partial charge in [0.15, 0.2) is 0 Å². The molecule has 0 radical (unpaired) electrons. The summed E-state index contributed by atoms with van der Waals surface area (Å²) in [4.78, 5) is 28.0. The van der Waals surface area contributed by atoms with E-state index in [0.29, 0.717) is 42.8 Å². The zero-order chi connectivity index (χ0) is 21.3. The van der Waals surface area contributed by atoms with Gasteiger partial charge >= 0.3 is 0 Å². The Labute approximate surface area is 177 Å². The Balaban J connectivity index is 1.51. The number of nitrogens with zero attached hydrogens (tertiary/aromatic N) is 2. The fraction of sp³-hybridized carbons (Fsp3) is 0.364. The summed E-state index contributed by atoms with van der Waals surface area (Å²) in [5, 5.41) is 0. The van der Waals surface area contributed by atoms with Crippen LogP contribution in [0.3, 0.4) is 0 Å². The molecular formula is C22H23FN2O4S. The maximum atomic E-state index is 13.6. The van der Waals surface area contributed by atoms with Crippen LogP contribution in [0.1, 0.15) is 28.8 Å². The monoisotopic (exact) mass is 430 g/mol. The average molecular weight is 431 g/mol. The minimum Gasteiger partial charge on any atom is -0.497 e. The highest BCUT2D eigenvalue weighted by molar-refractivity contribution is 7.87. The second-order valence-corrected chi connectivity index (χ2v) is 9.31. The fourth-order valence-electron chi connectivity index (χ4n) is 4.22. The lowest BCUT2D eigenvalue weighted by atomic mass is 10.00. The van der Waals surface area contributed by atoms with E-state index >= 15 is 0 Å². The quantitative estimate of drug-likeness (QED) is 0.748. The Morgan fingerprint density at radius 2 is 1.90 bits per heavy atom. The summed E-state index contributed by atoms with van der Waals surface area (Å²) in [5.41, 5.74) is 1.20. The molecule has 1 unspecified atom stereocenters. The molecule has 0 aromatic heterocycles. The van der Waals surface area contributed by atoms with Gasteiger partial charge in [0.05, 0.1) is 17.9 Å². The molecule has 0 saturated carbocycles. The second kappa shape index (κ2) is 8.18. The fourth-order valence-corrected chi connectivity index (χ4v) is 5.92. The van der Waals surface area contributed by atoms with Crippen molar-refractivity contribution in [1.82, 2.24) is 9.80 Å². The first-order chi connectivity index (χ1) is 14.4. The molecule has 2 aliphatic heterocycles. The number of carbonyl (C=O) groups excluding carboxylic acids is 2. The van der Waals surface area contributed by atoms with Crippen molar-refractivity contribution in [2.24, 2.45) is 0 Å². The van der Waals surface area contributed by atoms with Crippen LogP contribution in [0.15, 0.2) is 48.5 Å². The number of amides is 2. The van der Waals surface area contributed by atoms with Gasteiger partial charge in [-0.3, -0.25) is 13.8 Å². The maximum Gasteiger partial charge on any atom is 0.253 e. The maximum absolute atomic E-state index is 13.6. The Kier molecular flexibility index (Phi) is 5.60. The molecule has 6 nitrogen and oxygen atoms in total. The van der Waals surface area contributed by atoms with Crippen molar-refractivity contribution >= 4 is 22.6 Å². The predicted octanol–water partition coefficient (Wildman–Crippen LogP) is 2.56. The van der Waals surface area contributed by atoms with E-state index in [1.807, 2.05) is 0 Å². The van der Waals surface area contributed by atoms with Gasteiger partial charge in [0.2, 0.25) is 5.91 Å². The molecular weight excluding hydrogens is 407 g/mol. The van der Waals surface area contributed by atoms with Crippen LogP contribution < -0.4 is 4.74 Å². The number of ether oxygens (including phenoxy) is 1. The standard InChI is InChI=1S/C22H23FN2O4S/c1-29-19-7-3-5-17(13-19)21(27)24-10-8-22(9-11-24)25(20(26)15-30(22)28)14-16-4-2-6-18(23)12-16/h2-7,12-13H,8-11,14-15H2,1H3.